The largest absolute Gasteiger partial charge is 0.466 e. The molecule has 0 saturated carbocycles. The summed E-state index contributed by atoms with van der Waals surface area (Å²) in [6, 6.07) is 3.59. The van der Waals surface area contributed by atoms with Crippen LogP contribution < -0.4 is 0 Å². The quantitative estimate of drug-likeness (QED) is 0.623. The van der Waals surface area contributed by atoms with E-state index in [-0.39, 0.29) is 13.0 Å². The summed E-state index contributed by atoms with van der Waals surface area (Å²) in [6.45, 7) is 1.86. The summed E-state index contributed by atoms with van der Waals surface area (Å²) >= 11 is 3.11. The lowest BCUT2D eigenvalue weighted by atomic mass is 10.0. The van der Waals surface area contributed by atoms with Gasteiger partial charge in [0.15, 0.2) is 0 Å². The lowest BCUT2D eigenvalue weighted by Gasteiger charge is -2.11. The number of hydrogen-bond acceptors (Lipinski definition) is 2. The van der Waals surface area contributed by atoms with Crippen LogP contribution in [0.2, 0.25) is 0 Å². The molecule has 0 unspecified atom stereocenters. The first-order valence-corrected chi connectivity index (χ1v) is 6.40. The van der Waals surface area contributed by atoms with E-state index in [9.17, 15) is 18.0 Å². The summed E-state index contributed by atoms with van der Waals surface area (Å²) in [6.07, 6.45) is -4.57. The zero-order valence-corrected chi connectivity index (χ0v) is 11.3. The van der Waals surface area contributed by atoms with Crippen LogP contribution in [-0.2, 0) is 27.5 Å². The molecule has 1 rings (SSSR count). The summed E-state index contributed by atoms with van der Waals surface area (Å²) in [5.74, 6) is -0.530. The Balaban J connectivity index is 3.01. The van der Waals surface area contributed by atoms with Gasteiger partial charge in [-0.15, -0.1) is 0 Å². The van der Waals surface area contributed by atoms with Gasteiger partial charge in [-0.3, -0.25) is 4.79 Å². The number of hydrogen-bond donors (Lipinski definition) is 0. The molecule has 100 valence electrons. The smallest absolute Gasteiger partial charge is 0.416 e. The van der Waals surface area contributed by atoms with E-state index in [1.165, 1.54) is 0 Å². The van der Waals surface area contributed by atoms with Gasteiger partial charge in [-0.1, -0.05) is 22.0 Å². The first-order valence-electron chi connectivity index (χ1n) is 5.28. The average Bonchev–Trinajstić information content (AvgIpc) is 2.27. The number of esters is 1. The lowest BCUT2D eigenvalue weighted by molar-refractivity contribution is -0.142. The van der Waals surface area contributed by atoms with Gasteiger partial charge in [-0.2, -0.15) is 13.2 Å². The Morgan fingerprint density at radius 3 is 2.39 bits per heavy atom. The number of carbonyl (C=O) groups is 1. The number of benzene rings is 1. The van der Waals surface area contributed by atoms with E-state index in [0.717, 1.165) is 12.1 Å². The summed E-state index contributed by atoms with van der Waals surface area (Å²) in [7, 11) is 0. The molecule has 0 bridgehead atoms. The Labute approximate surface area is 111 Å². The number of carbonyl (C=O) groups excluding carboxylic acids is 1. The minimum Gasteiger partial charge on any atom is -0.466 e. The van der Waals surface area contributed by atoms with Crippen molar-refractivity contribution < 1.29 is 22.7 Å². The predicted octanol–water partition coefficient (Wildman–Crippen LogP) is 3.71. The molecule has 0 heterocycles. The van der Waals surface area contributed by atoms with Crippen LogP contribution in [0.15, 0.2) is 18.2 Å². The van der Waals surface area contributed by atoms with Gasteiger partial charge in [0.25, 0.3) is 0 Å². The summed E-state index contributed by atoms with van der Waals surface area (Å²) < 4.78 is 42.6. The number of alkyl halides is 4. The fraction of sp³-hybridized carbons (Fsp3) is 0.417. The standard InChI is InChI=1S/C12H12BrF3O2/c1-2-18-11(17)6-8-3-9(7-13)5-10(4-8)12(14,15)16/h3-5H,2,6-7H2,1H3. The molecule has 0 aliphatic rings. The molecule has 0 aliphatic heterocycles. The van der Waals surface area contributed by atoms with E-state index >= 15 is 0 Å². The van der Waals surface area contributed by atoms with E-state index in [2.05, 4.69) is 15.9 Å². The normalized spacial score (nSPS) is 11.4. The Bertz CT molecular complexity index is 430. The van der Waals surface area contributed by atoms with E-state index in [0.29, 0.717) is 16.5 Å². The monoisotopic (exact) mass is 324 g/mol. The Hall–Kier alpha value is -1.04. The van der Waals surface area contributed by atoms with Gasteiger partial charge in [0.2, 0.25) is 0 Å². The fourth-order valence-electron chi connectivity index (χ4n) is 1.48. The van der Waals surface area contributed by atoms with Gasteiger partial charge in [0.1, 0.15) is 0 Å². The minimum absolute atomic E-state index is 0.155. The third-order valence-electron chi connectivity index (χ3n) is 2.19. The third kappa shape index (κ3) is 4.33. The van der Waals surface area contributed by atoms with Crippen molar-refractivity contribution >= 4 is 21.9 Å². The molecule has 0 atom stereocenters. The Kier molecular flexibility index (Phi) is 5.19. The lowest BCUT2D eigenvalue weighted by Crippen LogP contribution is -2.10. The number of rotatable bonds is 4. The van der Waals surface area contributed by atoms with Gasteiger partial charge in [0.05, 0.1) is 18.6 Å². The van der Waals surface area contributed by atoms with Crippen LogP contribution in [0.25, 0.3) is 0 Å². The van der Waals surface area contributed by atoms with Crippen LogP contribution in [0.1, 0.15) is 23.6 Å². The SMILES string of the molecule is CCOC(=O)Cc1cc(CBr)cc(C(F)(F)F)c1. The van der Waals surface area contributed by atoms with Crippen molar-refractivity contribution in [3.63, 3.8) is 0 Å². The maximum Gasteiger partial charge on any atom is 0.416 e. The summed E-state index contributed by atoms with van der Waals surface area (Å²) in [5, 5.41) is 0.298. The first-order chi connectivity index (χ1) is 8.36. The average molecular weight is 325 g/mol. The molecule has 0 N–H and O–H groups in total. The Morgan fingerprint density at radius 2 is 1.89 bits per heavy atom. The molecule has 1 aromatic carbocycles. The van der Waals surface area contributed by atoms with Crippen molar-refractivity contribution in [2.24, 2.45) is 0 Å². The molecule has 2 nitrogen and oxygen atoms in total. The first kappa shape index (κ1) is 15.0. The van der Waals surface area contributed by atoms with Crippen LogP contribution >= 0.6 is 15.9 Å². The van der Waals surface area contributed by atoms with Gasteiger partial charge in [0, 0.05) is 5.33 Å². The highest BCUT2D eigenvalue weighted by Gasteiger charge is 2.31. The molecule has 0 spiro atoms. The van der Waals surface area contributed by atoms with E-state index < -0.39 is 17.7 Å². The topological polar surface area (TPSA) is 26.3 Å². The molecule has 18 heavy (non-hydrogen) atoms. The second-order valence-electron chi connectivity index (χ2n) is 3.65. The Morgan fingerprint density at radius 1 is 1.28 bits per heavy atom. The molecule has 0 amide bonds. The molecular formula is C12H12BrF3O2. The molecule has 0 aromatic heterocycles. The molecule has 1 aromatic rings. The van der Waals surface area contributed by atoms with Crippen LogP contribution in [0.3, 0.4) is 0 Å². The fourth-order valence-corrected chi connectivity index (χ4v) is 1.81. The highest BCUT2D eigenvalue weighted by molar-refractivity contribution is 9.08. The van der Waals surface area contributed by atoms with E-state index in [1.54, 1.807) is 13.0 Å². The molecule has 6 heteroatoms. The van der Waals surface area contributed by atoms with Gasteiger partial charge in [-0.25, -0.2) is 0 Å². The van der Waals surface area contributed by atoms with Crippen molar-refractivity contribution in [1.29, 1.82) is 0 Å². The molecule has 0 fully saturated rings. The minimum atomic E-state index is -4.42. The molecule has 0 radical (unpaired) electrons. The van der Waals surface area contributed by atoms with E-state index in [4.69, 9.17) is 4.74 Å². The molecule has 0 aliphatic carbocycles. The zero-order chi connectivity index (χ0) is 13.8. The number of halogens is 4. The van der Waals surface area contributed by atoms with Crippen molar-refractivity contribution in [2.45, 2.75) is 24.9 Å². The van der Waals surface area contributed by atoms with Crippen LogP contribution in [0.4, 0.5) is 13.2 Å². The van der Waals surface area contributed by atoms with Crippen LogP contribution in [0, 0.1) is 0 Å². The van der Waals surface area contributed by atoms with Gasteiger partial charge in [-0.05, 0) is 30.2 Å². The second-order valence-corrected chi connectivity index (χ2v) is 4.21. The number of ether oxygens (including phenoxy) is 1. The van der Waals surface area contributed by atoms with Crippen LogP contribution in [0.5, 0.6) is 0 Å². The molecular weight excluding hydrogens is 313 g/mol. The van der Waals surface area contributed by atoms with Gasteiger partial charge < -0.3 is 4.74 Å². The van der Waals surface area contributed by atoms with Crippen molar-refractivity contribution in [1.82, 2.24) is 0 Å². The maximum absolute atomic E-state index is 12.6. The van der Waals surface area contributed by atoms with E-state index in [1.807, 2.05) is 0 Å². The third-order valence-corrected chi connectivity index (χ3v) is 2.84. The maximum atomic E-state index is 12.6. The van der Waals surface area contributed by atoms with Crippen molar-refractivity contribution in [3.05, 3.63) is 34.9 Å². The van der Waals surface area contributed by atoms with Gasteiger partial charge >= 0.3 is 12.1 Å². The highest BCUT2D eigenvalue weighted by atomic mass is 79.9. The summed E-state index contributed by atoms with van der Waals surface area (Å²) in [4.78, 5) is 11.3. The van der Waals surface area contributed by atoms with Crippen LogP contribution in [-0.4, -0.2) is 12.6 Å². The molecule has 0 saturated heterocycles. The van der Waals surface area contributed by atoms with Crippen molar-refractivity contribution in [2.75, 3.05) is 6.61 Å². The zero-order valence-electron chi connectivity index (χ0n) is 9.68. The second kappa shape index (κ2) is 6.22. The summed E-state index contributed by atoms with van der Waals surface area (Å²) in [5.41, 5.74) is 0.0283. The van der Waals surface area contributed by atoms with Crippen molar-refractivity contribution in [3.8, 4) is 0 Å². The predicted molar refractivity (Wildman–Crippen MR) is 64.4 cm³/mol. The highest BCUT2D eigenvalue weighted by Crippen LogP contribution is 2.31.